The number of anilines is 2. The van der Waals surface area contributed by atoms with Crippen molar-refractivity contribution in [1.82, 2.24) is 5.43 Å². The lowest BCUT2D eigenvalue weighted by molar-refractivity contribution is -0.119. The summed E-state index contributed by atoms with van der Waals surface area (Å²) in [5.41, 5.74) is 5.17. The summed E-state index contributed by atoms with van der Waals surface area (Å²) in [5.74, 6) is -0.107. The molecule has 138 valence electrons. The number of benzene rings is 2. The Labute approximate surface area is 158 Å². The molecule has 0 unspecified atom stereocenters. The van der Waals surface area contributed by atoms with Gasteiger partial charge in [0.15, 0.2) is 0 Å². The van der Waals surface area contributed by atoms with Crippen LogP contribution in [0.15, 0.2) is 65.8 Å². The first kappa shape index (κ1) is 18.4. The third-order valence-corrected chi connectivity index (χ3v) is 4.12. The predicted octanol–water partition coefficient (Wildman–Crippen LogP) is 3.04. The highest BCUT2D eigenvalue weighted by atomic mass is 16.2. The maximum Gasteiger partial charge on any atom is 0.259 e. The third-order valence-electron chi connectivity index (χ3n) is 4.12. The van der Waals surface area contributed by atoms with Crippen molar-refractivity contribution in [2.24, 2.45) is 5.10 Å². The van der Waals surface area contributed by atoms with Gasteiger partial charge in [0.05, 0.1) is 6.54 Å². The monoisotopic (exact) mass is 362 g/mol. The smallest absolute Gasteiger partial charge is 0.259 e. The van der Waals surface area contributed by atoms with E-state index < -0.39 is 0 Å². The lowest BCUT2D eigenvalue weighted by Crippen LogP contribution is -2.26. The zero-order valence-corrected chi connectivity index (χ0v) is 15.0. The minimum Gasteiger partial charge on any atom is -0.376 e. The van der Waals surface area contributed by atoms with Crippen LogP contribution in [-0.4, -0.2) is 31.1 Å². The molecule has 0 saturated carbocycles. The molecule has 0 aromatic heterocycles. The minimum absolute atomic E-state index is 0.0944. The van der Waals surface area contributed by atoms with Crippen LogP contribution in [0.2, 0.25) is 0 Å². The van der Waals surface area contributed by atoms with Crippen LogP contribution in [0.5, 0.6) is 0 Å². The number of carbonyl (C=O) groups excluding carboxylic acids is 2. The lowest BCUT2D eigenvalue weighted by Gasteiger charge is -2.16. The van der Waals surface area contributed by atoms with Crippen LogP contribution in [-0.2, 0) is 9.59 Å². The van der Waals surface area contributed by atoms with Crippen molar-refractivity contribution in [3.05, 3.63) is 66.2 Å². The number of rotatable bonds is 7. The Kier molecular flexibility index (Phi) is 6.35. The summed E-state index contributed by atoms with van der Waals surface area (Å²) in [6.07, 6.45) is 6.68. The molecule has 0 aliphatic carbocycles. The van der Waals surface area contributed by atoms with E-state index in [1.165, 1.54) is 6.21 Å². The fraction of sp³-hybridized carbons (Fsp3) is 0.190. The maximum absolute atomic E-state index is 11.9. The Morgan fingerprint density at radius 2 is 2.00 bits per heavy atom. The minimum atomic E-state index is -0.248. The van der Waals surface area contributed by atoms with Crippen LogP contribution < -0.4 is 15.6 Å². The molecule has 3 rings (SSSR count). The molecule has 2 aromatic carbocycles. The van der Waals surface area contributed by atoms with Crippen molar-refractivity contribution in [2.45, 2.75) is 12.8 Å². The van der Waals surface area contributed by atoms with Crippen molar-refractivity contribution in [1.29, 1.82) is 0 Å². The van der Waals surface area contributed by atoms with E-state index in [1.807, 2.05) is 60.7 Å². The van der Waals surface area contributed by atoms with E-state index in [4.69, 9.17) is 0 Å². The summed E-state index contributed by atoms with van der Waals surface area (Å²) < 4.78 is 0. The maximum atomic E-state index is 11.9. The summed E-state index contributed by atoms with van der Waals surface area (Å²) in [4.78, 5) is 25.5. The number of hydrazone groups is 1. The molecule has 0 atom stereocenters. The Morgan fingerprint density at radius 1 is 1.15 bits per heavy atom. The average Bonchev–Trinajstić information content (AvgIpc) is 3.13. The van der Waals surface area contributed by atoms with Crippen molar-refractivity contribution < 1.29 is 9.59 Å². The van der Waals surface area contributed by atoms with Gasteiger partial charge in [0.2, 0.25) is 5.91 Å². The van der Waals surface area contributed by atoms with Gasteiger partial charge in [0.1, 0.15) is 0 Å². The number of allylic oxidation sites excluding steroid dienone is 1. The fourth-order valence-electron chi connectivity index (χ4n) is 2.80. The van der Waals surface area contributed by atoms with Crippen LogP contribution in [0, 0.1) is 0 Å². The molecule has 2 aromatic rings. The highest BCUT2D eigenvalue weighted by molar-refractivity contribution is 5.95. The molecule has 6 heteroatoms. The number of carbonyl (C=O) groups is 2. The van der Waals surface area contributed by atoms with Gasteiger partial charge in [0, 0.05) is 30.6 Å². The molecule has 6 nitrogen and oxygen atoms in total. The Bertz CT molecular complexity index is 846. The van der Waals surface area contributed by atoms with Gasteiger partial charge in [-0.25, -0.2) is 5.43 Å². The number of amides is 2. The topological polar surface area (TPSA) is 73.8 Å². The molecule has 2 N–H and O–H groups in total. The number of nitrogens with one attached hydrogen (secondary N) is 2. The SMILES string of the molecule is O=C(CNc1cccc(N2CCCC2=O)c1)NN=C/C=C/c1ccccc1. The Morgan fingerprint density at radius 3 is 2.78 bits per heavy atom. The van der Waals surface area contributed by atoms with E-state index in [-0.39, 0.29) is 18.4 Å². The molecule has 1 heterocycles. The Hall–Kier alpha value is -3.41. The average molecular weight is 362 g/mol. The highest BCUT2D eigenvalue weighted by Gasteiger charge is 2.21. The van der Waals surface area contributed by atoms with Crippen LogP contribution in [0.3, 0.4) is 0 Å². The first-order valence-corrected chi connectivity index (χ1v) is 8.90. The van der Waals surface area contributed by atoms with Crippen LogP contribution in [0.4, 0.5) is 11.4 Å². The molecule has 1 fully saturated rings. The van der Waals surface area contributed by atoms with Gasteiger partial charge in [0.25, 0.3) is 5.91 Å². The summed E-state index contributed by atoms with van der Waals surface area (Å²) in [6.45, 7) is 0.838. The summed E-state index contributed by atoms with van der Waals surface area (Å²) >= 11 is 0. The van der Waals surface area contributed by atoms with Gasteiger partial charge < -0.3 is 10.2 Å². The third kappa shape index (κ3) is 5.54. The molecule has 0 bridgehead atoms. The largest absolute Gasteiger partial charge is 0.376 e. The second kappa shape index (κ2) is 9.33. The first-order valence-electron chi connectivity index (χ1n) is 8.90. The van der Waals surface area contributed by atoms with Gasteiger partial charge in [-0.1, -0.05) is 42.5 Å². The van der Waals surface area contributed by atoms with Crippen molar-refractivity contribution in [3.8, 4) is 0 Å². The van der Waals surface area contributed by atoms with E-state index in [9.17, 15) is 9.59 Å². The van der Waals surface area contributed by atoms with E-state index in [1.54, 1.807) is 11.0 Å². The normalized spacial score (nSPS) is 14.2. The molecule has 27 heavy (non-hydrogen) atoms. The van der Waals surface area contributed by atoms with Gasteiger partial charge in [-0.15, -0.1) is 0 Å². The van der Waals surface area contributed by atoms with Crippen LogP contribution in [0.25, 0.3) is 6.08 Å². The van der Waals surface area contributed by atoms with E-state index in [0.717, 1.165) is 29.9 Å². The zero-order valence-electron chi connectivity index (χ0n) is 15.0. The quantitative estimate of drug-likeness (QED) is 0.587. The van der Waals surface area contributed by atoms with Gasteiger partial charge in [-0.2, -0.15) is 5.10 Å². The Balaban J connectivity index is 1.44. The fourth-order valence-corrected chi connectivity index (χ4v) is 2.80. The summed E-state index contributed by atoms with van der Waals surface area (Å²) in [5, 5.41) is 6.93. The van der Waals surface area contributed by atoms with E-state index >= 15 is 0 Å². The van der Waals surface area contributed by atoms with E-state index in [0.29, 0.717) is 6.42 Å². The lowest BCUT2D eigenvalue weighted by atomic mass is 10.2. The second-order valence-electron chi connectivity index (χ2n) is 6.14. The van der Waals surface area contributed by atoms with Crippen LogP contribution >= 0.6 is 0 Å². The van der Waals surface area contributed by atoms with E-state index in [2.05, 4.69) is 15.8 Å². The van der Waals surface area contributed by atoms with Gasteiger partial charge in [-0.3, -0.25) is 9.59 Å². The van der Waals surface area contributed by atoms with Crippen molar-refractivity contribution >= 4 is 35.5 Å². The highest BCUT2D eigenvalue weighted by Crippen LogP contribution is 2.24. The van der Waals surface area contributed by atoms with Crippen molar-refractivity contribution in [3.63, 3.8) is 0 Å². The first-order chi connectivity index (χ1) is 13.2. The molecule has 1 aliphatic heterocycles. The number of hydrogen-bond acceptors (Lipinski definition) is 4. The summed E-state index contributed by atoms with van der Waals surface area (Å²) in [7, 11) is 0. The molecule has 0 radical (unpaired) electrons. The van der Waals surface area contributed by atoms with Gasteiger partial charge >= 0.3 is 0 Å². The standard InChI is InChI=1S/C21H22N4O2/c26-20(24-23-13-5-9-17-7-2-1-3-8-17)16-22-18-10-4-11-19(15-18)25-14-6-12-21(25)27/h1-5,7-11,13,15,22H,6,12,14,16H2,(H,24,26)/b9-5+,23-13?. The molecule has 1 saturated heterocycles. The van der Waals surface area contributed by atoms with Gasteiger partial charge in [-0.05, 0) is 36.3 Å². The molecule has 2 amide bonds. The molecular weight excluding hydrogens is 340 g/mol. The van der Waals surface area contributed by atoms with Crippen molar-refractivity contribution in [2.75, 3.05) is 23.3 Å². The molecule has 0 spiro atoms. The molecule has 1 aliphatic rings. The zero-order chi connectivity index (χ0) is 18.9. The number of hydrogen-bond donors (Lipinski definition) is 2. The second-order valence-corrected chi connectivity index (χ2v) is 6.14. The molecular formula is C21H22N4O2. The number of nitrogens with zero attached hydrogens (tertiary/aromatic N) is 2. The van der Waals surface area contributed by atoms with Crippen LogP contribution in [0.1, 0.15) is 18.4 Å². The predicted molar refractivity (Wildman–Crippen MR) is 109 cm³/mol. The summed E-state index contributed by atoms with van der Waals surface area (Å²) in [6, 6.07) is 17.3.